The van der Waals surface area contributed by atoms with Crippen molar-refractivity contribution in [3.05, 3.63) is 40.5 Å². The molecular formula is C9H7ClFNOS. The molecule has 2 nitrogen and oxygen atoms in total. The topological polar surface area (TPSA) is 29.1 Å². The van der Waals surface area contributed by atoms with E-state index in [4.69, 9.17) is 11.6 Å². The van der Waals surface area contributed by atoms with Gasteiger partial charge in [-0.15, -0.1) is 0 Å². The molecule has 5 heteroatoms. The summed E-state index contributed by atoms with van der Waals surface area (Å²) in [7, 11) is 0. The van der Waals surface area contributed by atoms with Crippen LogP contribution in [-0.2, 0) is 4.79 Å². The highest BCUT2D eigenvalue weighted by molar-refractivity contribution is 7.83. The number of amides is 1. The Morgan fingerprint density at radius 1 is 1.57 bits per heavy atom. The third kappa shape index (κ3) is 2.75. The molecular weight excluding hydrogens is 225 g/mol. The first-order chi connectivity index (χ1) is 6.65. The van der Waals surface area contributed by atoms with E-state index < -0.39 is 11.7 Å². The molecule has 0 spiro atoms. The van der Waals surface area contributed by atoms with Crippen LogP contribution in [0.5, 0.6) is 0 Å². The van der Waals surface area contributed by atoms with Gasteiger partial charge in [0.2, 0.25) is 5.91 Å². The van der Waals surface area contributed by atoms with Crippen LogP contribution in [0.15, 0.2) is 29.7 Å². The predicted octanol–water partition coefficient (Wildman–Crippen LogP) is 2.86. The van der Waals surface area contributed by atoms with E-state index in [9.17, 15) is 9.18 Å². The van der Waals surface area contributed by atoms with Gasteiger partial charge in [0.15, 0.2) is 5.82 Å². The van der Waals surface area contributed by atoms with Crippen molar-refractivity contribution < 1.29 is 9.18 Å². The van der Waals surface area contributed by atoms with Crippen LogP contribution in [0.3, 0.4) is 0 Å². The maximum atomic E-state index is 13.2. The van der Waals surface area contributed by atoms with Crippen molar-refractivity contribution in [2.75, 3.05) is 5.32 Å². The van der Waals surface area contributed by atoms with Gasteiger partial charge in [-0.3, -0.25) is 4.79 Å². The molecule has 0 fully saturated rings. The van der Waals surface area contributed by atoms with Gasteiger partial charge in [0, 0.05) is 6.08 Å². The number of carbonyl (C=O) groups is 1. The Morgan fingerprint density at radius 2 is 2.29 bits per heavy atom. The van der Waals surface area contributed by atoms with E-state index in [1.54, 1.807) is 6.07 Å². The Kier molecular flexibility index (Phi) is 3.98. The Balaban J connectivity index is 2.87. The predicted molar refractivity (Wildman–Crippen MR) is 58.2 cm³/mol. The zero-order valence-electron chi connectivity index (χ0n) is 7.00. The zero-order valence-corrected chi connectivity index (χ0v) is 8.65. The molecule has 1 rings (SSSR count). The summed E-state index contributed by atoms with van der Waals surface area (Å²) in [6, 6.07) is 4.37. The molecule has 1 N–H and O–H groups in total. The molecule has 0 aliphatic heterocycles. The van der Waals surface area contributed by atoms with E-state index in [2.05, 4.69) is 17.9 Å². The summed E-state index contributed by atoms with van der Waals surface area (Å²) in [6.45, 7) is 0. The molecule has 0 aromatic heterocycles. The van der Waals surface area contributed by atoms with Crippen molar-refractivity contribution in [1.82, 2.24) is 0 Å². The Labute approximate surface area is 91.2 Å². The SMILES string of the molecule is O=C(/C=C/S)Nc1cccc(Cl)c1F. The average molecular weight is 232 g/mol. The van der Waals surface area contributed by atoms with Gasteiger partial charge in [0.25, 0.3) is 0 Å². The van der Waals surface area contributed by atoms with Crippen LogP contribution in [-0.4, -0.2) is 5.91 Å². The fourth-order valence-corrected chi connectivity index (χ4v) is 1.15. The first-order valence-electron chi connectivity index (χ1n) is 3.71. The van der Waals surface area contributed by atoms with Crippen LogP contribution in [0.4, 0.5) is 10.1 Å². The lowest BCUT2D eigenvalue weighted by Crippen LogP contribution is -2.09. The lowest BCUT2D eigenvalue weighted by atomic mass is 10.3. The summed E-state index contributed by atoms with van der Waals surface area (Å²) < 4.78 is 13.2. The lowest BCUT2D eigenvalue weighted by molar-refractivity contribution is -0.111. The minimum absolute atomic E-state index is 0.0300. The summed E-state index contributed by atoms with van der Waals surface area (Å²) in [5, 5.41) is 3.55. The smallest absolute Gasteiger partial charge is 0.248 e. The van der Waals surface area contributed by atoms with Gasteiger partial charge in [0.1, 0.15) is 0 Å². The van der Waals surface area contributed by atoms with Gasteiger partial charge in [-0.1, -0.05) is 17.7 Å². The van der Waals surface area contributed by atoms with Crippen molar-refractivity contribution in [1.29, 1.82) is 0 Å². The normalized spacial score (nSPS) is 10.5. The summed E-state index contributed by atoms with van der Waals surface area (Å²) in [5.41, 5.74) is 0.0499. The molecule has 74 valence electrons. The number of benzene rings is 1. The molecule has 14 heavy (non-hydrogen) atoms. The third-order valence-corrected chi connectivity index (χ3v) is 1.88. The van der Waals surface area contributed by atoms with Gasteiger partial charge in [0.05, 0.1) is 10.7 Å². The van der Waals surface area contributed by atoms with Gasteiger partial charge in [-0.05, 0) is 17.5 Å². The molecule has 0 atom stereocenters. The molecule has 0 radical (unpaired) electrons. The number of hydrogen-bond donors (Lipinski definition) is 2. The maximum Gasteiger partial charge on any atom is 0.248 e. The van der Waals surface area contributed by atoms with Crippen molar-refractivity contribution in [3.8, 4) is 0 Å². The number of hydrogen-bond acceptors (Lipinski definition) is 2. The molecule has 0 aliphatic rings. The summed E-state index contributed by atoms with van der Waals surface area (Å²) in [6.07, 6.45) is 1.17. The fraction of sp³-hybridized carbons (Fsp3) is 0. The van der Waals surface area contributed by atoms with E-state index in [0.29, 0.717) is 0 Å². The molecule has 0 bridgehead atoms. The lowest BCUT2D eigenvalue weighted by Gasteiger charge is -2.03. The van der Waals surface area contributed by atoms with Crippen molar-refractivity contribution in [2.45, 2.75) is 0 Å². The molecule has 0 saturated carbocycles. The Hall–Kier alpha value is -1.00. The first-order valence-corrected chi connectivity index (χ1v) is 4.60. The zero-order chi connectivity index (χ0) is 10.6. The maximum absolute atomic E-state index is 13.2. The van der Waals surface area contributed by atoms with Crippen molar-refractivity contribution in [2.24, 2.45) is 0 Å². The van der Waals surface area contributed by atoms with Crippen molar-refractivity contribution >= 4 is 35.8 Å². The number of nitrogens with one attached hydrogen (secondary N) is 1. The minimum atomic E-state index is -0.643. The number of rotatable bonds is 2. The molecule has 1 amide bonds. The second-order valence-corrected chi connectivity index (χ2v) is 3.11. The molecule has 0 unspecified atom stereocenters. The van der Waals surface area contributed by atoms with Gasteiger partial charge in [-0.2, -0.15) is 12.6 Å². The van der Waals surface area contributed by atoms with Gasteiger partial charge >= 0.3 is 0 Å². The van der Waals surface area contributed by atoms with Crippen LogP contribution in [0.2, 0.25) is 5.02 Å². The van der Waals surface area contributed by atoms with E-state index in [0.717, 1.165) is 0 Å². The number of halogens is 2. The summed E-state index contributed by atoms with van der Waals surface area (Å²) >= 11 is 9.23. The molecule has 0 saturated heterocycles. The second kappa shape index (κ2) is 5.02. The van der Waals surface area contributed by atoms with E-state index in [1.165, 1.54) is 23.6 Å². The van der Waals surface area contributed by atoms with Crippen LogP contribution in [0.1, 0.15) is 0 Å². The fourth-order valence-electron chi connectivity index (χ4n) is 0.842. The van der Waals surface area contributed by atoms with Gasteiger partial charge in [-0.25, -0.2) is 4.39 Å². The highest BCUT2D eigenvalue weighted by Gasteiger charge is 2.07. The third-order valence-electron chi connectivity index (χ3n) is 1.44. The van der Waals surface area contributed by atoms with Crippen LogP contribution in [0, 0.1) is 5.82 Å². The number of thiol groups is 1. The molecule has 1 aromatic rings. The van der Waals surface area contributed by atoms with Crippen LogP contribution in [0.25, 0.3) is 0 Å². The van der Waals surface area contributed by atoms with E-state index in [1.807, 2.05) is 0 Å². The van der Waals surface area contributed by atoms with Crippen molar-refractivity contribution in [3.63, 3.8) is 0 Å². The quantitative estimate of drug-likeness (QED) is 0.595. The number of anilines is 1. The molecule has 1 aromatic carbocycles. The van der Waals surface area contributed by atoms with Crippen LogP contribution < -0.4 is 5.32 Å². The average Bonchev–Trinajstić information content (AvgIpc) is 2.13. The minimum Gasteiger partial charge on any atom is -0.320 e. The first kappa shape index (κ1) is 11.1. The van der Waals surface area contributed by atoms with E-state index >= 15 is 0 Å². The second-order valence-electron chi connectivity index (χ2n) is 2.41. The monoisotopic (exact) mass is 231 g/mol. The highest BCUT2D eigenvalue weighted by atomic mass is 35.5. The van der Waals surface area contributed by atoms with E-state index in [-0.39, 0.29) is 10.7 Å². The number of carbonyl (C=O) groups excluding carboxylic acids is 1. The van der Waals surface area contributed by atoms with Crippen LogP contribution >= 0.6 is 24.2 Å². The molecule has 0 aliphatic carbocycles. The Morgan fingerprint density at radius 3 is 2.93 bits per heavy atom. The summed E-state index contributed by atoms with van der Waals surface area (Å²) in [4.78, 5) is 11.0. The summed E-state index contributed by atoms with van der Waals surface area (Å²) in [5.74, 6) is -1.10. The standard InChI is InChI=1S/C9H7ClFNOS/c10-6-2-1-3-7(9(6)11)12-8(13)4-5-14/h1-5,14H,(H,12,13)/b5-4+. The Bertz CT molecular complexity index is 381. The molecule has 0 heterocycles. The highest BCUT2D eigenvalue weighted by Crippen LogP contribution is 2.21. The largest absolute Gasteiger partial charge is 0.320 e. The van der Waals surface area contributed by atoms with Gasteiger partial charge < -0.3 is 5.32 Å².